The number of halogens is 2. The first kappa shape index (κ1) is 22.7. The van der Waals surface area contributed by atoms with E-state index in [2.05, 4.69) is 5.32 Å². The molecule has 0 saturated heterocycles. The highest BCUT2D eigenvalue weighted by Crippen LogP contribution is 2.41. The van der Waals surface area contributed by atoms with E-state index in [0.29, 0.717) is 18.9 Å². The van der Waals surface area contributed by atoms with Crippen molar-refractivity contribution in [3.8, 4) is 5.75 Å². The van der Waals surface area contributed by atoms with Gasteiger partial charge in [-0.15, -0.1) is 0 Å². The second-order valence-corrected chi connectivity index (χ2v) is 8.23. The molecule has 0 radical (unpaired) electrons. The highest BCUT2D eigenvalue weighted by Gasteiger charge is 2.51. The van der Waals surface area contributed by atoms with E-state index < -0.39 is 45.9 Å². The third kappa shape index (κ3) is 3.62. The lowest BCUT2D eigenvalue weighted by Crippen LogP contribution is -2.69. The SMILES string of the molecule is CN1C(=O)c2c(O)c(=O)c(C(=O)NCc3ccc(F)cc3F)cn2N(CCO)C12CCCC2. The molecule has 0 atom stereocenters. The average Bonchev–Trinajstić information content (AvgIpc) is 3.27. The van der Waals surface area contributed by atoms with Crippen LogP contribution in [0.15, 0.2) is 29.2 Å². The Balaban J connectivity index is 1.74. The molecule has 1 aliphatic carbocycles. The molecule has 1 aliphatic heterocycles. The maximum Gasteiger partial charge on any atom is 0.278 e. The fourth-order valence-electron chi connectivity index (χ4n) is 4.74. The summed E-state index contributed by atoms with van der Waals surface area (Å²) in [6.07, 6.45) is 4.09. The fourth-order valence-corrected chi connectivity index (χ4v) is 4.74. The summed E-state index contributed by atoms with van der Waals surface area (Å²) in [6, 6.07) is 2.89. The van der Waals surface area contributed by atoms with Crippen molar-refractivity contribution < 1.29 is 28.6 Å². The van der Waals surface area contributed by atoms with Gasteiger partial charge in [0.1, 0.15) is 22.9 Å². The second kappa shape index (κ2) is 8.47. The highest BCUT2D eigenvalue weighted by molar-refractivity contribution is 5.99. The van der Waals surface area contributed by atoms with Crippen LogP contribution in [0.1, 0.15) is 52.1 Å². The van der Waals surface area contributed by atoms with E-state index in [4.69, 9.17) is 0 Å². The quantitative estimate of drug-likeness (QED) is 0.612. The summed E-state index contributed by atoms with van der Waals surface area (Å²) in [7, 11) is 1.59. The number of rotatable bonds is 5. The molecule has 1 fully saturated rings. The normalized spacial score (nSPS) is 16.9. The number of aromatic nitrogens is 1. The van der Waals surface area contributed by atoms with Crippen LogP contribution < -0.4 is 15.8 Å². The molecule has 176 valence electrons. The smallest absolute Gasteiger partial charge is 0.278 e. The minimum absolute atomic E-state index is 0.00986. The molecule has 1 saturated carbocycles. The summed E-state index contributed by atoms with van der Waals surface area (Å²) in [5.41, 5.74) is -2.55. The van der Waals surface area contributed by atoms with Gasteiger partial charge in [-0.25, -0.2) is 8.78 Å². The number of aliphatic hydroxyl groups excluding tert-OH is 1. The van der Waals surface area contributed by atoms with Crippen molar-refractivity contribution in [2.24, 2.45) is 0 Å². The van der Waals surface area contributed by atoms with Crippen molar-refractivity contribution in [3.05, 3.63) is 63.1 Å². The zero-order valence-electron chi connectivity index (χ0n) is 18.0. The summed E-state index contributed by atoms with van der Waals surface area (Å²) in [5, 5.41) is 24.3. The number of hydrogen-bond acceptors (Lipinski definition) is 6. The molecule has 2 aliphatic rings. The fraction of sp³-hybridized carbons (Fsp3) is 0.409. The van der Waals surface area contributed by atoms with E-state index in [9.17, 15) is 33.4 Å². The van der Waals surface area contributed by atoms with Crippen molar-refractivity contribution >= 4 is 11.8 Å². The number of β-amino-alcohol motifs (C(OH)–C–C–N with tert-alkyl or cyclic N) is 1. The number of aliphatic hydroxyl groups is 1. The van der Waals surface area contributed by atoms with E-state index in [1.807, 2.05) is 0 Å². The minimum Gasteiger partial charge on any atom is -0.502 e. The number of carbonyl (C=O) groups excluding carboxylic acids is 2. The number of nitrogens with zero attached hydrogens (tertiary/aromatic N) is 3. The van der Waals surface area contributed by atoms with Crippen LogP contribution in [0.2, 0.25) is 0 Å². The number of fused-ring (bicyclic) bond motifs is 1. The number of hydrogen-bond donors (Lipinski definition) is 3. The summed E-state index contributed by atoms with van der Waals surface area (Å²) in [4.78, 5) is 40.1. The topological polar surface area (TPSA) is 115 Å². The largest absolute Gasteiger partial charge is 0.502 e. The Bertz CT molecular complexity index is 1180. The van der Waals surface area contributed by atoms with Gasteiger partial charge in [0.15, 0.2) is 11.4 Å². The molecule has 4 rings (SSSR count). The molecule has 11 heteroatoms. The van der Waals surface area contributed by atoms with Gasteiger partial charge in [-0.05, 0) is 31.7 Å². The number of carbonyl (C=O) groups is 2. The van der Waals surface area contributed by atoms with Crippen LogP contribution >= 0.6 is 0 Å². The molecule has 33 heavy (non-hydrogen) atoms. The Kier molecular flexibility index (Phi) is 5.83. The predicted molar refractivity (Wildman–Crippen MR) is 113 cm³/mol. The number of pyridine rings is 1. The first-order valence-electron chi connectivity index (χ1n) is 10.6. The molecule has 1 aromatic heterocycles. The van der Waals surface area contributed by atoms with Crippen LogP contribution in [0.3, 0.4) is 0 Å². The number of benzene rings is 1. The minimum atomic E-state index is -1.05. The average molecular weight is 462 g/mol. The Morgan fingerprint density at radius 3 is 2.55 bits per heavy atom. The number of aromatic hydroxyl groups is 1. The Morgan fingerprint density at radius 2 is 1.91 bits per heavy atom. The van der Waals surface area contributed by atoms with Crippen LogP contribution in [0.4, 0.5) is 8.78 Å². The first-order chi connectivity index (χ1) is 15.7. The third-order valence-corrected chi connectivity index (χ3v) is 6.45. The van der Waals surface area contributed by atoms with Crippen molar-refractivity contribution in [1.82, 2.24) is 14.9 Å². The van der Waals surface area contributed by atoms with Crippen molar-refractivity contribution in [3.63, 3.8) is 0 Å². The summed E-state index contributed by atoms with van der Waals surface area (Å²) < 4.78 is 28.3. The van der Waals surface area contributed by atoms with Crippen LogP contribution in [-0.4, -0.2) is 57.5 Å². The van der Waals surface area contributed by atoms with Crippen molar-refractivity contribution in [2.75, 3.05) is 25.2 Å². The maximum atomic E-state index is 13.9. The lowest BCUT2D eigenvalue weighted by atomic mass is 10.0. The van der Waals surface area contributed by atoms with Crippen molar-refractivity contribution in [2.45, 2.75) is 37.9 Å². The Labute approximate surface area is 187 Å². The zero-order chi connectivity index (χ0) is 23.9. The second-order valence-electron chi connectivity index (χ2n) is 8.23. The molecule has 9 nitrogen and oxygen atoms in total. The predicted octanol–water partition coefficient (Wildman–Crippen LogP) is 1.05. The van der Waals surface area contributed by atoms with Gasteiger partial charge in [-0.1, -0.05) is 6.07 Å². The van der Waals surface area contributed by atoms with E-state index in [-0.39, 0.29) is 31.0 Å². The molecule has 3 N–H and O–H groups in total. The van der Waals surface area contributed by atoms with Gasteiger partial charge < -0.3 is 20.4 Å². The molecule has 1 spiro atoms. The van der Waals surface area contributed by atoms with Gasteiger partial charge in [0, 0.05) is 31.4 Å². The van der Waals surface area contributed by atoms with Crippen molar-refractivity contribution in [1.29, 1.82) is 0 Å². The van der Waals surface area contributed by atoms with Gasteiger partial charge in [0.05, 0.1) is 13.2 Å². The van der Waals surface area contributed by atoms with E-state index >= 15 is 0 Å². The highest BCUT2D eigenvalue weighted by atomic mass is 19.1. The monoisotopic (exact) mass is 462 g/mol. The van der Waals surface area contributed by atoms with Crippen LogP contribution in [0.25, 0.3) is 0 Å². The van der Waals surface area contributed by atoms with E-state index in [1.165, 1.54) is 15.6 Å². The molecular formula is C22H24F2N4O5. The Hall–Kier alpha value is -3.47. The standard InChI is InChI=1S/C22H24F2N4O5/c1-26-21(33)17-19(31)18(30)15(20(32)25-11-13-4-5-14(23)10-16(13)24)12-27(17)28(8-9-29)22(26)6-2-3-7-22/h4-5,10,12,29,31H,2-3,6-9,11H2,1H3,(H,25,32). The van der Waals surface area contributed by atoms with Gasteiger partial charge in [0.25, 0.3) is 11.8 Å². The molecule has 2 amide bonds. The molecule has 0 unspecified atom stereocenters. The molecule has 0 bridgehead atoms. The van der Waals surface area contributed by atoms with Gasteiger partial charge >= 0.3 is 0 Å². The summed E-state index contributed by atoms with van der Waals surface area (Å²) >= 11 is 0. The summed E-state index contributed by atoms with van der Waals surface area (Å²) in [5.74, 6) is -3.97. The van der Waals surface area contributed by atoms with E-state index in [0.717, 1.165) is 25.1 Å². The third-order valence-electron chi connectivity index (χ3n) is 6.45. The lowest BCUT2D eigenvalue weighted by Gasteiger charge is -2.53. The molecule has 2 heterocycles. The summed E-state index contributed by atoms with van der Waals surface area (Å²) in [6.45, 7) is -0.491. The number of nitrogens with one attached hydrogen (secondary N) is 1. The first-order valence-corrected chi connectivity index (χ1v) is 10.6. The molecule has 2 aromatic rings. The lowest BCUT2D eigenvalue weighted by molar-refractivity contribution is 0.0358. The van der Waals surface area contributed by atoms with Gasteiger partial charge in [-0.2, -0.15) is 0 Å². The Morgan fingerprint density at radius 1 is 1.21 bits per heavy atom. The van der Waals surface area contributed by atoms with Crippen LogP contribution in [-0.2, 0) is 6.54 Å². The van der Waals surface area contributed by atoms with Crippen LogP contribution in [0, 0.1) is 11.6 Å². The molecular weight excluding hydrogens is 438 g/mol. The van der Waals surface area contributed by atoms with E-state index in [1.54, 1.807) is 12.1 Å². The maximum absolute atomic E-state index is 13.9. The molecule has 1 aromatic carbocycles. The van der Waals surface area contributed by atoms with Gasteiger partial charge in [0.2, 0.25) is 5.43 Å². The zero-order valence-corrected chi connectivity index (χ0v) is 18.0. The van der Waals surface area contributed by atoms with Gasteiger partial charge in [-0.3, -0.25) is 24.1 Å². The number of amides is 2. The van der Waals surface area contributed by atoms with Crippen LogP contribution in [0.5, 0.6) is 5.75 Å².